The second kappa shape index (κ2) is 6.11. The van der Waals surface area contributed by atoms with E-state index in [4.69, 9.17) is 9.88 Å². The van der Waals surface area contributed by atoms with Crippen LogP contribution in [0.15, 0.2) is 24.3 Å². The Labute approximate surface area is 108 Å². The topological polar surface area (TPSA) is 78.6 Å². The number of ether oxygens (including phenoxy) is 2. The second-order valence-corrected chi connectivity index (χ2v) is 5.30. The molecule has 5 nitrogen and oxygen atoms in total. The molecule has 0 aliphatic heterocycles. The number of hydrogen-bond acceptors (Lipinski definition) is 4. The summed E-state index contributed by atoms with van der Waals surface area (Å²) in [6, 6.07) is 5.22. The SMILES string of the molecule is NS(=O)(=O)CCCOc1ccccc1OC(F)(F)F. The van der Waals surface area contributed by atoms with Crippen LogP contribution >= 0.6 is 0 Å². The molecule has 0 fully saturated rings. The Morgan fingerprint density at radius 2 is 1.74 bits per heavy atom. The number of halogens is 3. The van der Waals surface area contributed by atoms with Gasteiger partial charge in [0.2, 0.25) is 10.0 Å². The summed E-state index contributed by atoms with van der Waals surface area (Å²) >= 11 is 0. The zero-order chi connectivity index (χ0) is 14.5. The van der Waals surface area contributed by atoms with E-state index in [9.17, 15) is 21.6 Å². The van der Waals surface area contributed by atoms with Gasteiger partial charge in [0, 0.05) is 0 Å². The molecule has 0 atom stereocenters. The summed E-state index contributed by atoms with van der Waals surface area (Å²) in [6.07, 6.45) is -4.75. The fourth-order valence-corrected chi connectivity index (χ4v) is 1.74. The van der Waals surface area contributed by atoms with Crippen molar-refractivity contribution in [1.29, 1.82) is 0 Å². The quantitative estimate of drug-likeness (QED) is 0.810. The molecule has 0 radical (unpaired) electrons. The molecule has 9 heteroatoms. The predicted molar refractivity (Wildman–Crippen MR) is 61.2 cm³/mol. The van der Waals surface area contributed by atoms with Crippen LogP contribution < -0.4 is 14.6 Å². The van der Waals surface area contributed by atoms with Gasteiger partial charge >= 0.3 is 6.36 Å². The zero-order valence-corrected chi connectivity index (χ0v) is 10.5. The van der Waals surface area contributed by atoms with Crippen LogP contribution in [0.4, 0.5) is 13.2 Å². The molecule has 108 valence electrons. The van der Waals surface area contributed by atoms with Crippen molar-refractivity contribution in [1.82, 2.24) is 0 Å². The summed E-state index contributed by atoms with van der Waals surface area (Å²) < 4.78 is 66.4. The largest absolute Gasteiger partial charge is 0.573 e. The predicted octanol–water partition coefficient (Wildman–Crippen LogP) is 1.64. The highest BCUT2D eigenvalue weighted by Gasteiger charge is 2.32. The maximum atomic E-state index is 12.1. The molecule has 0 spiro atoms. The normalized spacial score (nSPS) is 12.2. The average molecular weight is 299 g/mol. The molecule has 0 saturated heterocycles. The average Bonchev–Trinajstić information content (AvgIpc) is 2.23. The lowest BCUT2D eigenvalue weighted by molar-refractivity contribution is -0.275. The van der Waals surface area contributed by atoms with Crippen molar-refractivity contribution in [3.63, 3.8) is 0 Å². The lowest BCUT2D eigenvalue weighted by atomic mass is 10.3. The van der Waals surface area contributed by atoms with E-state index in [1.807, 2.05) is 0 Å². The highest BCUT2D eigenvalue weighted by Crippen LogP contribution is 2.31. The first-order chi connectivity index (χ1) is 8.67. The third-order valence-corrected chi connectivity index (χ3v) is 2.76. The molecule has 0 aromatic heterocycles. The van der Waals surface area contributed by atoms with Crippen LogP contribution in [0.2, 0.25) is 0 Å². The summed E-state index contributed by atoms with van der Waals surface area (Å²) in [6.45, 7) is -0.0886. The summed E-state index contributed by atoms with van der Waals surface area (Å²) in [5.41, 5.74) is 0. The molecular weight excluding hydrogens is 287 g/mol. The van der Waals surface area contributed by atoms with Crippen molar-refractivity contribution in [3.8, 4) is 11.5 Å². The van der Waals surface area contributed by atoms with Gasteiger partial charge in [-0.15, -0.1) is 13.2 Å². The minimum Gasteiger partial charge on any atom is -0.490 e. The van der Waals surface area contributed by atoms with Gasteiger partial charge in [-0.25, -0.2) is 13.6 Å². The number of rotatable bonds is 6. The van der Waals surface area contributed by atoms with Crippen molar-refractivity contribution >= 4 is 10.0 Å². The summed E-state index contributed by atoms with van der Waals surface area (Å²) in [5.74, 6) is -0.908. The monoisotopic (exact) mass is 299 g/mol. The highest BCUT2D eigenvalue weighted by atomic mass is 32.2. The van der Waals surface area contributed by atoms with Gasteiger partial charge in [-0.05, 0) is 18.6 Å². The van der Waals surface area contributed by atoms with Crippen molar-refractivity contribution < 1.29 is 31.1 Å². The molecular formula is C10H12F3NO4S. The summed E-state index contributed by atoms with van der Waals surface area (Å²) in [7, 11) is -3.61. The van der Waals surface area contributed by atoms with Gasteiger partial charge in [-0.3, -0.25) is 0 Å². The lowest BCUT2D eigenvalue weighted by Gasteiger charge is -2.13. The summed E-state index contributed by atoms with van der Waals surface area (Å²) in [4.78, 5) is 0. The maximum absolute atomic E-state index is 12.1. The lowest BCUT2D eigenvalue weighted by Crippen LogP contribution is -2.19. The van der Waals surface area contributed by atoms with Gasteiger partial charge in [0.05, 0.1) is 12.4 Å². The number of para-hydroxylation sites is 2. The fraction of sp³-hybridized carbons (Fsp3) is 0.400. The van der Waals surface area contributed by atoms with Crippen LogP contribution in [0.1, 0.15) is 6.42 Å². The van der Waals surface area contributed by atoms with Gasteiger partial charge in [0.1, 0.15) is 0 Å². The van der Waals surface area contributed by atoms with Crippen LogP contribution in [0.25, 0.3) is 0 Å². The van der Waals surface area contributed by atoms with Crippen molar-refractivity contribution in [3.05, 3.63) is 24.3 Å². The van der Waals surface area contributed by atoms with Crippen molar-refractivity contribution in [2.75, 3.05) is 12.4 Å². The summed E-state index contributed by atoms with van der Waals surface area (Å²) in [5, 5.41) is 4.77. The number of benzene rings is 1. The number of sulfonamides is 1. The Hall–Kier alpha value is -1.48. The minimum absolute atomic E-state index is 0.0686. The van der Waals surface area contributed by atoms with Crippen molar-refractivity contribution in [2.45, 2.75) is 12.8 Å². The van der Waals surface area contributed by atoms with E-state index in [2.05, 4.69) is 4.74 Å². The second-order valence-electron chi connectivity index (χ2n) is 3.56. The number of nitrogens with two attached hydrogens (primary N) is 1. The highest BCUT2D eigenvalue weighted by molar-refractivity contribution is 7.89. The molecule has 2 N–H and O–H groups in total. The standard InChI is InChI=1S/C10H12F3NO4S/c11-10(12,13)18-9-5-2-1-4-8(9)17-6-3-7-19(14,15)16/h1-2,4-5H,3,6-7H2,(H2,14,15,16). The van der Waals surface area contributed by atoms with Gasteiger partial charge in [-0.2, -0.15) is 0 Å². The van der Waals surface area contributed by atoms with Crippen LogP contribution in [0.5, 0.6) is 11.5 Å². The Morgan fingerprint density at radius 3 is 2.26 bits per heavy atom. The zero-order valence-electron chi connectivity index (χ0n) is 9.68. The molecule has 0 saturated carbocycles. The third kappa shape index (κ3) is 6.87. The van der Waals surface area contributed by atoms with E-state index in [-0.39, 0.29) is 24.5 Å². The van der Waals surface area contributed by atoms with Gasteiger partial charge in [0.25, 0.3) is 0 Å². The molecule has 1 rings (SSSR count). The molecule has 19 heavy (non-hydrogen) atoms. The van der Waals surface area contributed by atoms with Crippen LogP contribution in [0.3, 0.4) is 0 Å². The molecule has 0 aliphatic rings. The Kier molecular flexibility index (Phi) is 5.01. The third-order valence-electron chi connectivity index (χ3n) is 1.91. The number of hydrogen-bond donors (Lipinski definition) is 1. The number of primary sulfonamides is 1. The van der Waals surface area contributed by atoms with E-state index >= 15 is 0 Å². The van der Waals surface area contributed by atoms with E-state index < -0.39 is 22.1 Å². The molecule has 0 heterocycles. The van der Waals surface area contributed by atoms with Crippen LogP contribution in [-0.2, 0) is 10.0 Å². The molecule has 0 amide bonds. The Bertz CT molecular complexity index is 516. The number of alkyl halides is 3. The van der Waals surface area contributed by atoms with E-state index in [0.29, 0.717) is 0 Å². The van der Waals surface area contributed by atoms with Crippen LogP contribution in [-0.4, -0.2) is 27.1 Å². The first-order valence-electron chi connectivity index (χ1n) is 5.15. The van der Waals surface area contributed by atoms with Crippen LogP contribution in [0, 0.1) is 0 Å². The van der Waals surface area contributed by atoms with E-state index in [0.717, 1.165) is 6.07 Å². The first kappa shape index (κ1) is 15.6. The van der Waals surface area contributed by atoms with Gasteiger partial charge < -0.3 is 9.47 Å². The van der Waals surface area contributed by atoms with Gasteiger partial charge in [-0.1, -0.05) is 12.1 Å². The molecule has 1 aromatic rings. The van der Waals surface area contributed by atoms with E-state index in [1.54, 1.807) is 0 Å². The fourth-order valence-electron chi connectivity index (χ4n) is 1.22. The van der Waals surface area contributed by atoms with Gasteiger partial charge in [0.15, 0.2) is 11.5 Å². The smallest absolute Gasteiger partial charge is 0.490 e. The van der Waals surface area contributed by atoms with E-state index in [1.165, 1.54) is 18.2 Å². The molecule has 0 unspecified atom stereocenters. The molecule has 0 bridgehead atoms. The van der Waals surface area contributed by atoms with Crippen molar-refractivity contribution in [2.24, 2.45) is 5.14 Å². The molecule has 1 aromatic carbocycles. The minimum atomic E-state index is -4.82. The maximum Gasteiger partial charge on any atom is 0.573 e. The Balaban J connectivity index is 2.58. The first-order valence-corrected chi connectivity index (χ1v) is 6.87. The Morgan fingerprint density at radius 1 is 1.16 bits per heavy atom. The molecule has 0 aliphatic carbocycles.